The van der Waals surface area contributed by atoms with Crippen LogP contribution < -0.4 is 4.74 Å². The number of carboxylic acids is 1. The minimum absolute atomic E-state index is 0.0383. The van der Waals surface area contributed by atoms with Crippen LogP contribution in [-0.2, 0) is 11.4 Å². The molecule has 1 aromatic carbocycles. The Bertz CT molecular complexity index is 1090. The van der Waals surface area contributed by atoms with E-state index >= 15 is 0 Å². The molecule has 2 aromatic heterocycles. The molecule has 3 rings (SSSR count). The number of rotatable bonds is 10. The van der Waals surface area contributed by atoms with Gasteiger partial charge in [-0.2, -0.15) is 0 Å². The van der Waals surface area contributed by atoms with Gasteiger partial charge < -0.3 is 9.84 Å². The summed E-state index contributed by atoms with van der Waals surface area (Å²) in [5, 5.41) is 9.20. The number of ketones is 1. The van der Waals surface area contributed by atoms with E-state index in [0.717, 1.165) is 0 Å². The lowest BCUT2D eigenvalue weighted by atomic mass is 9.89. The zero-order chi connectivity index (χ0) is 22.5. The van der Waals surface area contributed by atoms with E-state index in [0.29, 0.717) is 40.7 Å². The Morgan fingerprint density at radius 3 is 2.58 bits per heavy atom. The van der Waals surface area contributed by atoms with Crippen molar-refractivity contribution in [2.75, 3.05) is 0 Å². The second-order valence-electron chi connectivity index (χ2n) is 8.21. The van der Waals surface area contributed by atoms with Crippen LogP contribution in [-0.4, -0.2) is 26.2 Å². The molecular weight excluding hydrogens is 399 g/mol. The molecule has 0 aliphatic carbocycles. The first-order valence-corrected chi connectivity index (χ1v) is 10.3. The number of benzene rings is 1. The molecule has 164 valence electrons. The van der Waals surface area contributed by atoms with Crippen molar-refractivity contribution in [3.63, 3.8) is 0 Å². The van der Waals surface area contributed by atoms with Crippen molar-refractivity contribution >= 4 is 17.4 Å². The highest BCUT2D eigenvalue weighted by atomic mass is 19.1. The number of hydrogen-bond acceptors (Lipinski definition) is 4. The third-order valence-electron chi connectivity index (χ3n) is 5.14. The van der Waals surface area contributed by atoms with Gasteiger partial charge in [0.25, 0.3) is 0 Å². The molecule has 1 atom stereocenters. The van der Waals surface area contributed by atoms with E-state index in [4.69, 9.17) is 4.74 Å². The summed E-state index contributed by atoms with van der Waals surface area (Å²) >= 11 is 0. The number of fused-ring (bicyclic) bond motifs is 1. The first kappa shape index (κ1) is 22.5. The molecule has 0 radical (unpaired) electrons. The Balaban J connectivity index is 1.85. The molecule has 0 amide bonds. The Morgan fingerprint density at radius 2 is 1.90 bits per heavy atom. The SMILES string of the molecule is Cc1nc2c(OCc3ccccc3F)cccn2c1C(=O)C[C@@H](CC(=O)O)CC(C)C. The summed E-state index contributed by atoms with van der Waals surface area (Å²) in [4.78, 5) is 28.8. The van der Waals surface area contributed by atoms with Crippen molar-refractivity contribution < 1.29 is 23.8 Å². The smallest absolute Gasteiger partial charge is 0.303 e. The Hall–Kier alpha value is -3.22. The number of Topliss-reactive ketones (excluding diaryl/α,β-unsaturated/α-hetero) is 1. The summed E-state index contributed by atoms with van der Waals surface area (Å²) in [6.45, 7) is 5.81. The summed E-state index contributed by atoms with van der Waals surface area (Å²) in [6.07, 6.45) is 2.48. The molecule has 31 heavy (non-hydrogen) atoms. The highest BCUT2D eigenvalue weighted by molar-refractivity contribution is 5.97. The van der Waals surface area contributed by atoms with Gasteiger partial charge in [0, 0.05) is 24.6 Å². The van der Waals surface area contributed by atoms with Gasteiger partial charge in [0.2, 0.25) is 0 Å². The first-order chi connectivity index (χ1) is 14.8. The second-order valence-corrected chi connectivity index (χ2v) is 8.21. The highest BCUT2D eigenvalue weighted by Crippen LogP contribution is 2.27. The minimum Gasteiger partial charge on any atom is -0.485 e. The number of carboxylic acid groups (broad SMARTS) is 1. The van der Waals surface area contributed by atoms with Gasteiger partial charge in [0.05, 0.1) is 5.69 Å². The van der Waals surface area contributed by atoms with Crippen LogP contribution in [0.25, 0.3) is 5.65 Å². The Labute approximate surface area is 180 Å². The molecule has 3 aromatic rings. The number of ether oxygens (including phenoxy) is 1. The summed E-state index contributed by atoms with van der Waals surface area (Å²) in [5.41, 5.74) is 1.86. The van der Waals surface area contributed by atoms with E-state index in [1.165, 1.54) is 6.07 Å². The summed E-state index contributed by atoms with van der Waals surface area (Å²) in [5.74, 6) is -0.911. The molecule has 0 saturated carbocycles. The van der Waals surface area contributed by atoms with Gasteiger partial charge in [0.15, 0.2) is 17.2 Å². The molecule has 0 spiro atoms. The molecule has 0 bridgehead atoms. The molecule has 7 heteroatoms. The third-order valence-corrected chi connectivity index (χ3v) is 5.14. The molecule has 0 unspecified atom stereocenters. The Morgan fingerprint density at radius 1 is 1.16 bits per heavy atom. The number of nitrogens with zero attached hydrogens (tertiary/aromatic N) is 2. The highest BCUT2D eigenvalue weighted by Gasteiger charge is 2.24. The molecule has 6 nitrogen and oxygen atoms in total. The van der Waals surface area contributed by atoms with Crippen LogP contribution in [0.2, 0.25) is 0 Å². The third kappa shape index (κ3) is 5.48. The van der Waals surface area contributed by atoms with Crippen LogP contribution in [0.5, 0.6) is 5.75 Å². The number of halogens is 1. The molecule has 0 fully saturated rings. The summed E-state index contributed by atoms with van der Waals surface area (Å²) < 4.78 is 21.4. The number of aromatic nitrogens is 2. The number of aliphatic carboxylic acids is 1. The number of aryl methyl sites for hydroxylation is 1. The van der Waals surface area contributed by atoms with Gasteiger partial charge in [-0.25, -0.2) is 9.37 Å². The number of imidazole rings is 1. The van der Waals surface area contributed by atoms with Crippen LogP contribution in [0.1, 0.15) is 54.9 Å². The average molecular weight is 426 g/mol. The predicted octanol–water partition coefficient (Wildman–Crippen LogP) is 5.07. The maximum Gasteiger partial charge on any atom is 0.303 e. The van der Waals surface area contributed by atoms with E-state index in [-0.39, 0.29) is 37.0 Å². The van der Waals surface area contributed by atoms with Crippen molar-refractivity contribution in [2.45, 2.75) is 46.6 Å². The molecule has 2 heterocycles. The van der Waals surface area contributed by atoms with E-state index in [1.54, 1.807) is 47.9 Å². The lowest BCUT2D eigenvalue weighted by molar-refractivity contribution is -0.138. The maximum absolute atomic E-state index is 13.9. The lowest BCUT2D eigenvalue weighted by Crippen LogP contribution is -2.17. The van der Waals surface area contributed by atoms with Crippen LogP contribution in [0, 0.1) is 24.6 Å². The van der Waals surface area contributed by atoms with E-state index in [9.17, 15) is 19.1 Å². The maximum atomic E-state index is 13.9. The standard InChI is InChI=1S/C24H27FN2O4/c1-15(2)11-17(13-22(29)30)12-20(28)23-16(3)26-24-21(9-6-10-27(23)24)31-14-18-7-4-5-8-19(18)25/h4-10,15,17H,11-14H2,1-3H3,(H,29,30)/t17-/m0/s1. The summed E-state index contributed by atoms with van der Waals surface area (Å²) in [7, 11) is 0. The number of pyridine rings is 1. The fourth-order valence-electron chi connectivity index (χ4n) is 3.89. The van der Waals surface area contributed by atoms with Crippen molar-refractivity contribution in [1.29, 1.82) is 0 Å². The second kappa shape index (κ2) is 9.73. The quantitative estimate of drug-likeness (QED) is 0.458. The largest absolute Gasteiger partial charge is 0.485 e. The van der Waals surface area contributed by atoms with E-state index < -0.39 is 5.97 Å². The normalized spacial score (nSPS) is 12.3. The number of hydrogen-bond donors (Lipinski definition) is 1. The zero-order valence-electron chi connectivity index (χ0n) is 18.0. The van der Waals surface area contributed by atoms with Crippen molar-refractivity contribution in [3.8, 4) is 5.75 Å². The van der Waals surface area contributed by atoms with Crippen LogP contribution in [0.3, 0.4) is 0 Å². The fraction of sp³-hybridized carbons (Fsp3) is 0.375. The predicted molar refractivity (Wildman–Crippen MR) is 115 cm³/mol. The fourth-order valence-corrected chi connectivity index (χ4v) is 3.89. The van der Waals surface area contributed by atoms with Gasteiger partial charge >= 0.3 is 5.97 Å². The number of carbonyl (C=O) groups excluding carboxylic acids is 1. The van der Waals surface area contributed by atoms with E-state index in [2.05, 4.69) is 4.98 Å². The van der Waals surface area contributed by atoms with Crippen molar-refractivity contribution in [2.24, 2.45) is 11.8 Å². The van der Waals surface area contributed by atoms with Crippen LogP contribution in [0.4, 0.5) is 4.39 Å². The van der Waals surface area contributed by atoms with Gasteiger partial charge in [-0.1, -0.05) is 32.0 Å². The average Bonchev–Trinajstić information content (AvgIpc) is 3.02. The lowest BCUT2D eigenvalue weighted by Gasteiger charge is -2.16. The van der Waals surface area contributed by atoms with Crippen molar-refractivity contribution in [3.05, 3.63) is 65.4 Å². The molecular formula is C24H27FN2O4. The molecule has 1 N–H and O–H groups in total. The van der Waals surface area contributed by atoms with Crippen LogP contribution >= 0.6 is 0 Å². The number of carbonyl (C=O) groups is 2. The zero-order valence-corrected chi connectivity index (χ0v) is 18.0. The van der Waals surface area contributed by atoms with Gasteiger partial charge in [0.1, 0.15) is 18.1 Å². The van der Waals surface area contributed by atoms with Gasteiger partial charge in [-0.15, -0.1) is 0 Å². The monoisotopic (exact) mass is 426 g/mol. The van der Waals surface area contributed by atoms with E-state index in [1.807, 2.05) is 13.8 Å². The van der Waals surface area contributed by atoms with Crippen LogP contribution in [0.15, 0.2) is 42.6 Å². The summed E-state index contributed by atoms with van der Waals surface area (Å²) in [6, 6.07) is 9.85. The Kier molecular flexibility index (Phi) is 7.05. The minimum atomic E-state index is -0.905. The van der Waals surface area contributed by atoms with Gasteiger partial charge in [-0.3, -0.25) is 14.0 Å². The molecule has 0 aliphatic rings. The molecule has 0 saturated heterocycles. The first-order valence-electron chi connectivity index (χ1n) is 10.3. The molecule has 0 aliphatic heterocycles. The topological polar surface area (TPSA) is 80.9 Å². The van der Waals surface area contributed by atoms with Gasteiger partial charge in [-0.05, 0) is 43.4 Å². The van der Waals surface area contributed by atoms with Crippen molar-refractivity contribution in [1.82, 2.24) is 9.38 Å².